The minimum Gasteiger partial charge on any atom is -0.480 e. The Labute approximate surface area is 110 Å². The molecule has 0 unspecified atom stereocenters. The SMILES string of the molecule is CCCC[C@H](NC(=O)CCc1nccs1)C(=O)O. The van der Waals surface area contributed by atoms with Crippen molar-refractivity contribution in [3.8, 4) is 0 Å². The van der Waals surface area contributed by atoms with E-state index in [0.717, 1.165) is 17.8 Å². The summed E-state index contributed by atoms with van der Waals surface area (Å²) in [5, 5.41) is 14.3. The number of nitrogens with zero attached hydrogens (tertiary/aromatic N) is 1. The Bertz CT molecular complexity index is 379. The van der Waals surface area contributed by atoms with E-state index in [1.54, 1.807) is 6.20 Å². The molecule has 18 heavy (non-hydrogen) atoms. The Morgan fingerprint density at radius 3 is 2.89 bits per heavy atom. The van der Waals surface area contributed by atoms with E-state index in [4.69, 9.17) is 5.11 Å². The van der Waals surface area contributed by atoms with E-state index in [1.807, 2.05) is 12.3 Å². The smallest absolute Gasteiger partial charge is 0.326 e. The molecule has 0 saturated carbocycles. The van der Waals surface area contributed by atoms with E-state index in [2.05, 4.69) is 10.3 Å². The van der Waals surface area contributed by atoms with Crippen molar-refractivity contribution in [1.82, 2.24) is 10.3 Å². The first-order chi connectivity index (χ1) is 8.63. The van der Waals surface area contributed by atoms with Crippen molar-refractivity contribution in [2.45, 2.75) is 45.1 Å². The molecule has 1 atom stereocenters. The second kappa shape index (κ2) is 7.81. The van der Waals surface area contributed by atoms with Crippen LogP contribution in [0.3, 0.4) is 0 Å². The molecule has 0 aromatic carbocycles. The lowest BCUT2D eigenvalue weighted by atomic mass is 10.1. The standard InChI is InChI=1S/C12H18N2O3S/c1-2-3-4-9(12(16)17)14-10(15)5-6-11-13-7-8-18-11/h7-9H,2-6H2,1H3,(H,14,15)(H,16,17)/t9-/m0/s1. The van der Waals surface area contributed by atoms with Crippen molar-refractivity contribution < 1.29 is 14.7 Å². The lowest BCUT2D eigenvalue weighted by molar-refractivity contribution is -0.142. The van der Waals surface area contributed by atoms with Gasteiger partial charge >= 0.3 is 5.97 Å². The summed E-state index contributed by atoms with van der Waals surface area (Å²) in [5.74, 6) is -1.19. The van der Waals surface area contributed by atoms with Gasteiger partial charge in [0.25, 0.3) is 0 Å². The summed E-state index contributed by atoms with van der Waals surface area (Å²) in [4.78, 5) is 26.6. The normalized spacial score (nSPS) is 12.1. The monoisotopic (exact) mass is 270 g/mol. The second-order valence-electron chi connectivity index (χ2n) is 4.03. The summed E-state index contributed by atoms with van der Waals surface area (Å²) >= 11 is 1.50. The van der Waals surface area contributed by atoms with Gasteiger partial charge in [-0.25, -0.2) is 9.78 Å². The van der Waals surface area contributed by atoms with Crippen LogP contribution in [0.15, 0.2) is 11.6 Å². The van der Waals surface area contributed by atoms with Gasteiger partial charge in [-0.05, 0) is 6.42 Å². The summed E-state index contributed by atoms with van der Waals surface area (Å²) in [6.45, 7) is 1.99. The third kappa shape index (κ3) is 5.27. The van der Waals surface area contributed by atoms with Gasteiger partial charge in [-0.1, -0.05) is 19.8 Å². The zero-order valence-electron chi connectivity index (χ0n) is 10.4. The number of unbranched alkanes of at least 4 members (excludes halogenated alkanes) is 1. The van der Waals surface area contributed by atoms with Gasteiger partial charge in [-0.15, -0.1) is 11.3 Å². The summed E-state index contributed by atoms with van der Waals surface area (Å²) in [6.07, 6.45) is 4.73. The van der Waals surface area contributed by atoms with Crippen LogP contribution < -0.4 is 5.32 Å². The third-order valence-corrected chi connectivity index (χ3v) is 3.37. The molecule has 0 saturated heterocycles. The molecule has 2 N–H and O–H groups in total. The molecule has 100 valence electrons. The molecule has 1 aromatic rings. The van der Waals surface area contributed by atoms with Gasteiger partial charge in [0, 0.05) is 24.4 Å². The van der Waals surface area contributed by atoms with Crippen LogP contribution in [0.2, 0.25) is 0 Å². The van der Waals surface area contributed by atoms with Crippen LogP contribution in [-0.2, 0) is 16.0 Å². The maximum absolute atomic E-state index is 11.6. The van der Waals surface area contributed by atoms with Gasteiger partial charge in [-0.3, -0.25) is 4.79 Å². The number of aromatic nitrogens is 1. The van der Waals surface area contributed by atoms with E-state index in [9.17, 15) is 9.59 Å². The number of carbonyl (C=O) groups excluding carboxylic acids is 1. The van der Waals surface area contributed by atoms with Crippen molar-refractivity contribution in [3.63, 3.8) is 0 Å². The largest absolute Gasteiger partial charge is 0.480 e. The molecule has 0 spiro atoms. The maximum Gasteiger partial charge on any atom is 0.326 e. The number of hydrogen-bond acceptors (Lipinski definition) is 4. The number of thiazole rings is 1. The van der Waals surface area contributed by atoms with Crippen molar-refractivity contribution >= 4 is 23.2 Å². The van der Waals surface area contributed by atoms with E-state index < -0.39 is 12.0 Å². The summed E-state index contributed by atoms with van der Waals surface area (Å²) in [5.41, 5.74) is 0. The molecule has 0 radical (unpaired) electrons. The molecular formula is C12H18N2O3S. The Balaban J connectivity index is 2.34. The number of aliphatic carboxylic acids is 1. The van der Waals surface area contributed by atoms with E-state index in [1.165, 1.54) is 11.3 Å². The van der Waals surface area contributed by atoms with Crippen LogP contribution in [0, 0.1) is 0 Å². The maximum atomic E-state index is 11.6. The van der Waals surface area contributed by atoms with Gasteiger partial charge in [-0.2, -0.15) is 0 Å². The van der Waals surface area contributed by atoms with E-state index in [0.29, 0.717) is 12.8 Å². The molecule has 0 fully saturated rings. The van der Waals surface area contributed by atoms with Gasteiger partial charge in [0.05, 0.1) is 5.01 Å². The molecule has 0 bridgehead atoms. The fourth-order valence-electron chi connectivity index (χ4n) is 1.53. The third-order valence-electron chi connectivity index (χ3n) is 2.53. The average molecular weight is 270 g/mol. The first-order valence-corrected chi connectivity index (χ1v) is 6.92. The molecule has 6 heteroatoms. The molecule has 1 aromatic heterocycles. The number of hydrogen-bond donors (Lipinski definition) is 2. The Kier molecular flexibility index (Phi) is 6.35. The highest BCUT2D eigenvalue weighted by Gasteiger charge is 2.18. The van der Waals surface area contributed by atoms with Crippen LogP contribution in [0.5, 0.6) is 0 Å². The fourth-order valence-corrected chi connectivity index (χ4v) is 2.15. The minimum absolute atomic E-state index is 0.228. The molecule has 5 nitrogen and oxygen atoms in total. The topological polar surface area (TPSA) is 79.3 Å². The molecule has 0 aliphatic carbocycles. The van der Waals surface area contributed by atoms with Gasteiger partial charge in [0.15, 0.2) is 0 Å². The van der Waals surface area contributed by atoms with Crippen LogP contribution in [0.1, 0.15) is 37.6 Å². The summed E-state index contributed by atoms with van der Waals surface area (Å²) in [7, 11) is 0. The number of rotatable bonds is 8. The Hall–Kier alpha value is -1.43. The van der Waals surface area contributed by atoms with E-state index >= 15 is 0 Å². The first-order valence-electron chi connectivity index (χ1n) is 6.04. The van der Waals surface area contributed by atoms with E-state index in [-0.39, 0.29) is 12.3 Å². The van der Waals surface area contributed by atoms with Crippen molar-refractivity contribution in [3.05, 3.63) is 16.6 Å². The van der Waals surface area contributed by atoms with Crippen LogP contribution in [0.4, 0.5) is 0 Å². The average Bonchev–Trinajstić information content (AvgIpc) is 2.84. The molecular weight excluding hydrogens is 252 g/mol. The number of nitrogens with one attached hydrogen (secondary N) is 1. The highest BCUT2D eigenvalue weighted by atomic mass is 32.1. The van der Waals surface area contributed by atoms with Crippen molar-refractivity contribution in [2.24, 2.45) is 0 Å². The number of amides is 1. The van der Waals surface area contributed by atoms with Crippen molar-refractivity contribution in [1.29, 1.82) is 0 Å². The first kappa shape index (κ1) is 14.6. The van der Waals surface area contributed by atoms with Gasteiger partial charge < -0.3 is 10.4 Å². The predicted octanol–water partition coefficient (Wildman–Crippen LogP) is 1.84. The Morgan fingerprint density at radius 1 is 1.56 bits per heavy atom. The number of carboxylic acids is 1. The minimum atomic E-state index is -0.967. The Morgan fingerprint density at radius 2 is 2.33 bits per heavy atom. The highest BCUT2D eigenvalue weighted by Crippen LogP contribution is 2.07. The molecule has 1 amide bonds. The van der Waals surface area contributed by atoms with Gasteiger partial charge in [0.2, 0.25) is 5.91 Å². The zero-order chi connectivity index (χ0) is 13.4. The summed E-state index contributed by atoms with van der Waals surface area (Å²) in [6, 6.07) is -0.770. The number of aryl methyl sites for hydroxylation is 1. The molecule has 0 aliphatic heterocycles. The lowest BCUT2D eigenvalue weighted by Gasteiger charge is -2.13. The quantitative estimate of drug-likeness (QED) is 0.755. The lowest BCUT2D eigenvalue weighted by Crippen LogP contribution is -2.40. The predicted molar refractivity (Wildman–Crippen MR) is 69.5 cm³/mol. The number of carbonyl (C=O) groups is 2. The molecule has 0 aliphatic rings. The van der Waals surface area contributed by atoms with Crippen molar-refractivity contribution in [2.75, 3.05) is 0 Å². The number of carboxylic acid groups (broad SMARTS) is 1. The van der Waals surface area contributed by atoms with Crippen LogP contribution >= 0.6 is 11.3 Å². The molecule has 1 heterocycles. The summed E-state index contributed by atoms with van der Waals surface area (Å²) < 4.78 is 0. The second-order valence-corrected chi connectivity index (χ2v) is 5.01. The highest BCUT2D eigenvalue weighted by molar-refractivity contribution is 7.09. The van der Waals surface area contributed by atoms with Gasteiger partial charge in [0.1, 0.15) is 6.04 Å². The zero-order valence-corrected chi connectivity index (χ0v) is 11.2. The van der Waals surface area contributed by atoms with Crippen LogP contribution in [0.25, 0.3) is 0 Å². The molecule has 1 rings (SSSR count). The fraction of sp³-hybridized carbons (Fsp3) is 0.583. The van der Waals surface area contributed by atoms with Crippen LogP contribution in [-0.4, -0.2) is 28.0 Å².